The molecule has 3 heterocycles. The zero-order valence-corrected chi connectivity index (χ0v) is 19.2. The molecule has 8 nitrogen and oxygen atoms in total. The van der Waals surface area contributed by atoms with Crippen molar-refractivity contribution in [1.82, 2.24) is 19.9 Å². The van der Waals surface area contributed by atoms with Crippen LogP contribution in [0.15, 0.2) is 28.8 Å². The van der Waals surface area contributed by atoms with Crippen molar-refractivity contribution in [2.45, 2.75) is 39.5 Å². The molecule has 2 aromatic heterocycles. The molecular weight excluding hydrogens is 418 g/mol. The number of hydrogen-bond donors (Lipinski definition) is 1. The lowest BCUT2D eigenvalue weighted by atomic mass is 9.89. The van der Waals surface area contributed by atoms with E-state index in [4.69, 9.17) is 9.51 Å². The summed E-state index contributed by atoms with van der Waals surface area (Å²) in [5.41, 5.74) is 5.09. The van der Waals surface area contributed by atoms with Crippen LogP contribution in [0.25, 0.3) is 10.9 Å². The smallest absolute Gasteiger partial charge is 0.254 e. The Kier molecular flexibility index (Phi) is 5.85. The molecule has 8 heteroatoms. The molecule has 1 saturated heterocycles. The number of fused-ring (bicyclic) bond motifs is 2. The highest BCUT2D eigenvalue weighted by Crippen LogP contribution is 2.31. The minimum absolute atomic E-state index is 0.0910. The lowest BCUT2D eigenvalue weighted by molar-refractivity contribution is -0.117. The van der Waals surface area contributed by atoms with Gasteiger partial charge in [0.25, 0.3) is 5.91 Å². The van der Waals surface area contributed by atoms with Gasteiger partial charge in [-0.2, -0.15) is 0 Å². The molecule has 1 N–H and O–H groups in total. The first-order chi connectivity index (χ1) is 16.0. The zero-order valence-electron chi connectivity index (χ0n) is 19.2. The quantitative estimate of drug-likeness (QED) is 0.661. The Hall–Kier alpha value is -3.26. The fraction of sp³-hybridized carbons (Fsp3) is 0.440. The summed E-state index contributed by atoms with van der Waals surface area (Å²) in [6, 6.07) is 7.87. The van der Waals surface area contributed by atoms with Gasteiger partial charge in [0.15, 0.2) is 5.82 Å². The van der Waals surface area contributed by atoms with Crippen LogP contribution in [0, 0.1) is 13.8 Å². The average molecular weight is 448 g/mol. The number of nitrogens with one attached hydrogen (secondary N) is 1. The van der Waals surface area contributed by atoms with E-state index in [1.165, 1.54) is 0 Å². The summed E-state index contributed by atoms with van der Waals surface area (Å²) in [5.74, 6) is 1.04. The molecule has 2 aliphatic rings. The van der Waals surface area contributed by atoms with E-state index >= 15 is 0 Å². The fourth-order valence-corrected chi connectivity index (χ4v) is 4.86. The maximum Gasteiger partial charge on any atom is 0.254 e. The Bertz CT molecular complexity index is 1210. The van der Waals surface area contributed by atoms with Crippen molar-refractivity contribution in [3.8, 4) is 0 Å². The molecule has 33 heavy (non-hydrogen) atoms. The van der Waals surface area contributed by atoms with Crippen LogP contribution in [-0.4, -0.2) is 64.5 Å². The van der Waals surface area contributed by atoms with Crippen molar-refractivity contribution >= 4 is 28.5 Å². The minimum Gasteiger partial charge on any atom is -0.360 e. The van der Waals surface area contributed by atoms with Gasteiger partial charge in [0.1, 0.15) is 5.76 Å². The molecule has 1 aromatic carbocycles. The second kappa shape index (κ2) is 8.94. The number of amides is 2. The second-order valence-corrected chi connectivity index (χ2v) is 9.08. The number of carbonyl (C=O) groups excluding carboxylic acids is 2. The number of hydrogen-bond acceptors (Lipinski definition) is 6. The average Bonchev–Trinajstić information content (AvgIpc) is 3.22. The summed E-state index contributed by atoms with van der Waals surface area (Å²) in [6.07, 6.45) is 4.07. The van der Waals surface area contributed by atoms with Gasteiger partial charge in [0.05, 0.1) is 17.6 Å². The Balaban J connectivity index is 1.30. The molecule has 0 atom stereocenters. The number of rotatable bonds is 4. The summed E-state index contributed by atoms with van der Waals surface area (Å²) < 4.78 is 4.99. The van der Waals surface area contributed by atoms with E-state index in [1.807, 2.05) is 11.0 Å². The van der Waals surface area contributed by atoms with Gasteiger partial charge in [-0.3, -0.25) is 19.5 Å². The van der Waals surface area contributed by atoms with Crippen LogP contribution >= 0.6 is 0 Å². The topological polar surface area (TPSA) is 91.6 Å². The minimum atomic E-state index is -0.132. The van der Waals surface area contributed by atoms with Gasteiger partial charge in [0, 0.05) is 43.3 Å². The van der Waals surface area contributed by atoms with Gasteiger partial charge in [-0.05, 0) is 57.2 Å². The summed E-state index contributed by atoms with van der Waals surface area (Å²) >= 11 is 0. The molecule has 172 valence electrons. The van der Waals surface area contributed by atoms with Crippen molar-refractivity contribution in [2.75, 3.05) is 38.0 Å². The molecule has 0 saturated carbocycles. The van der Waals surface area contributed by atoms with Crippen LogP contribution in [0.3, 0.4) is 0 Å². The summed E-state index contributed by atoms with van der Waals surface area (Å²) in [6.45, 7) is 6.60. The third kappa shape index (κ3) is 4.48. The van der Waals surface area contributed by atoms with Crippen LogP contribution in [0.1, 0.15) is 45.8 Å². The van der Waals surface area contributed by atoms with Gasteiger partial charge in [-0.1, -0.05) is 16.8 Å². The molecule has 1 aliphatic heterocycles. The van der Waals surface area contributed by atoms with Crippen LogP contribution in [0.4, 0.5) is 5.82 Å². The standard InChI is InChI=1S/C25H29N5O3/c1-16-7-8-21-19(13-16)24(18-5-3-4-6-20(18)26-21)25(32)30-11-9-29(10-12-30)15-23(31)27-22-14-17(2)33-28-22/h7-8,13-14H,3-6,9-12,15H2,1-2H3,(H,27,28,31). The summed E-state index contributed by atoms with van der Waals surface area (Å²) in [5, 5.41) is 7.52. The van der Waals surface area contributed by atoms with Crippen molar-refractivity contribution in [3.63, 3.8) is 0 Å². The lowest BCUT2D eigenvalue weighted by Gasteiger charge is -2.35. The number of aromatic nitrogens is 2. The fourth-order valence-electron chi connectivity index (χ4n) is 4.86. The Labute approximate surface area is 192 Å². The molecule has 0 spiro atoms. The van der Waals surface area contributed by atoms with Crippen LogP contribution in [-0.2, 0) is 17.6 Å². The monoisotopic (exact) mass is 447 g/mol. The molecule has 5 rings (SSSR count). The maximum absolute atomic E-state index is 13.8. The van der Waals surface area contributed by atoms with Gasteiger partial charge in [-0.15, -0.1) is 0 Å². The Morgan fingerprint density at radius 3 is 2.61 bits per heavy atom. The Morgan fingerprint density at radius 1 is 1.06 bits per heavy atom. The number of pyridine rings is 1. The largest absolute Gasteiger partial charge is 0.360 e. The zero-order chi connectivity index (χ0) is 22.9. The number of anilines is 1. The van der Waals surface area contributed by atoms with Crippen LogP contribution < -0.4 is 5.32 Å². The lowest BCUT2D eigenvalue weighted by Crippen LogP contribution is -2.50. The van der Waals surface area contributed by atoms with E-state index in [0.29, 0.717) is 37.8 Å². The van der Waals surface area contributed by atoms with Crippen LogP contribution in [0.2, 0.25) is 0 Å². The highest BCUT2D eigenvalue weighted by atomic mass is 16.5. The van der Waals surface area contributed by atoms with Gasteiger partial charge in [0.2, 0.25) is 5.91 Å². The van der Waals surface area contributed by atoms with Crippen LogP contribution in [0.5, 0.6) is 0 Å². The van der Waals surface area contributed by atoms with E-state index in [2.05, 4.69) is 34.4 Å². The number of carbonyl (C=O) groups is 2. The predicted octanol–water partition coefficient (Wildman–Crippen LogP) is 3.11. The molecule has 1 fully saturated rings. The van der Waals surface area contributed by atoms with E-state index in [9.17, 15) is 9.59 Å². The first-order valence-corrected chi connectivity index (χ1v) is 11.6. The highest BCUT2D eigenvalue weighted by Gasteiger charge is 2.29. The number of nitrogens with zero attached hydrogens (tertiary/aromatic N) is 4. The number of aryl methyl sites for hydroxylation is 3. The molecule has 0 bridgehead atoms. The van der Waals surface area contributed by atoms with E-state index < -0.39 is 0 Å². The molecule has 1 aliphatic carbocycles. The van der Waals surface area contributed by atoms with E-state index in [-0.39, 0.29) is 18.4 Å². The number of piperazine rings is 1. The molecular formula is C25H29N5O3. The second-order valence-electron chi connectivity index (χ2n) is 9.08. The van der Waals surface area contributed by atoms with Crippen molar-refractivity contribution in [1.29, 1.82) is 0 Å². The molecule has 0 unspecified atom stereocenters. The summed E-state index contributed by atoms with van der Waals surface area (Å²) in [4.78, 5) is 35.0. The highest BCUT2D eigenvalue weighted by molar-refractivity contribution is 6.08. The molecule has 0 radical (unpaired) electrons. The van der Waals surface area contributed by atoms with Crippen molar-refractivity contribution in [2.24, 2.45) is 0 Å². The first kappa shape index (κ1) is 21.6. The SMILES string of the molecule is Cc1ccc2nc3c(c(C(=O)N4CCN(CC(=O)Nc5cc(C)on5)CC4)c2c1)CCCC3. The third-order valence-corrected chi connectivity index (χ3v) is 6.55. The van der Waals surface area contributed by atoms with Gasteiger partial charge >= 0.3 is 0 Å². The third-order valence-electron chi connectivity index (χ3n) is 6.55. The molecule has 3 aromatic rings. The van der Waals surface area contributed by atoms with E-state index in [0.717, 1.165) is 59.0 Å². The summed E-state index contributed by atoms with van der Waals surface area (Å²) in [7, 11) is 0. The van der Waals surface area contributed by atoms with Crippen molar-refractivity contribution < 1.29 is 14.1 Å². The normalized spacial score (nSPS) is 16.6. The van der Waals surface area contributed by atoms with Gasteiger partial charge in [-0.25, -0.2) is 0 Å². The number of benzene rings is 1. The first-order valence-electron chi connectivity index (χ1n) is 11.6. The maximum atomic E-state index is 13.8. The Morgan fingerprint density at radius 2 is 1.85 bits per heavy atom. The predicted molar refractivity (Wildman–Crippen MR) is 125 cm³/mol. The van der Waals surface area contributed by atoms with E-state index in [1.54, 1.807) is 13.0 Å². The van der Waals surface area contributed by atoms with Gasteiger partial charge < -0.3 is 14.7 Å². The van der Waals surface area contributed by atoms with Crippen molar-refractivity contribution in [3.05, 3.63) is 52.4 Å². The molecule has 2 amide bonds.